The predicted octanol–water partition coefficient (Wildman–Crippen LogP) is 3.93. The van der Waals surface area contributed by atoms with Gasteiger partial charge in [0.2, 0.25) is 11.1 Å². The van der Waals surface area contributed by atoms with E-state index in [0.29, 0.717) is 16.5 Å². The summed E-state index contributed by atoms with van der Waals surface area (Å²) in [5, 5.41) is 9.43. The molecule has 8 heteroatoms. The number of rotatable bonds is 7. The van der Waals surface area contributed by atoms with Gasteiger partial charge >= 0.3 is 0 Å². The number of H-pyrrole nitrogens is 1. The van der Waals surface area contributed by atoms with Crippen molar-refractivity contribution in [2.75, 3.05) is 12.8 Å². The van der Waals surface area contributed by atoms with Crippen molar-refractivity contribution in [1.82, 2.24) is 20.1 Å². The summed E-state index contributed by atoms with van der Waals surface area (Å²) in [6, 6.07) is 10.4. The van der Waals surface area contributed by atoms with Crippen LogP contribution >= 0.6 is 23.1 Å². The zero-order valence-electron chi connectivity index (χ0n) is 14.1. The molecule has 0 bridgehead atoms. The molecule has 0 fully saturated rings. The molecule has 3 rings (SSSR count). The summed E-state index contributed by atoms with van der Waals surface area (Å²) in [5.41, 5.74) is 0.493. The van der Waals surface area contributed by atoms with Crippen LogP contribution in [0.3, 0.4) is 0 Å². The van der Waals surface area contributed by atoms with E-state index in [1.807, 2.05) is 29.7 Å². The number of amides is 1. The van der Waals surface area contributed by atoms with E-state index in [1.54, 1.807) is 36.6 Å². The summed E-state index contributed by atoms with van der Waals surface area (Å²) in [5.74, 6) is 0.402. The normalized spacial score (nSPS) is 11.2. The number of thioether (sulfide) groups is 1. The van der Waals surface area contributed by atoms with Crippen LogP contribution < -0.4 is 0 Å². The second-order valence-electron chi connectivity index (χ2n) is 5.48. The largest absolute Gasteiger partial charge is 0.341 e. The molecular weight excluding hydrogens is 371 g/mol. The molecule has 1 N–H and O–H groups in total. The Balaban J connectivity index is 1.50. The Hall–Kier alpha value is -2.45. The Labute approximate surface area is 159 Å². The molecule has 26 heavy (non-hydrogen) atoms. The van der Waals surface area contributed by atoms with Gasteiger partial charge in [-0.2, -0.15) is 0 Å². The Kier molecular flexibility index (Phi) is 6.19. The van der Waals surface area contributed by atoms with Crippen LogP contribution in [0.2, 0.25) is 0 Å². The molecule has 0 aliphatic heterocycles. The molecule has 134 valence electrons. The van der Waals surface area contributed by atoms with Crippen LogP contribution in [-0.4, -0.2) is 38.8 Å². The highest BCUT2D eigenvalue weighted by molar-refractivity contribution is 7.99. The first-order valence-electron chi connectivity index (χ1n) is 7.86. The fraction of sp³-hybridized carbons (Fsp3) is 0.167. The molecule has 0 unspecified atom stereocenters. The van der Waals surface area contributed by atoms with E-state index in [9.17, 15) is 9.18 Å². The summed E-state index contributed by atoms with van der Waals surface area (Å²) < 4.78 is 13.7. The van der Waals surface area contributed by atoms with Crippen LogP contribution in [0.5, 0.6) is 0 Å². The highest BCUT2D eigenvalue weighted by atomic mass is 32.2. The van der Waals surface area contributed by atoms with Crippen LogP contribution in [0.25, 0.3) is 12.2 Å². The lowest BCUT2D eigenvalue weighted by molar-refractivity contribution is -0.127. The second-order valence-corrected chi connectivity index (χ2v) is 7.40. The monoisotopic (exact) mass is 388 g/mol. The van der Waals surface area contributed by atoms with Crippen LogP contribution in [0.15, 0.2) is 46.9 Å². The summed E-state index contributed by atoms with van der Waals surface area (Å²) in [7, 11) is 1.66. The van der Waals surface area contributed by atoms with E-state index in [0.717, 1.165) is 4.88 Å². The van der Waals surface area contributed by atoms with Crippen molar-refractivity contribution >= 4 is 41.2 Å². The van der Waals surface area contributed by atoms with Gasteiger partial charge in [-0.05, 0) is 29.7 Å². The smallest absolute Gasteiger partial charge is 0.233 e. The number of nitrogens with zero attached hydrogens (tertiary/aromatic N) is 3. The summed E-state index contributed by atoms with van der Waals surface area (Å²) in [6.07, 6.45) is 3.79. The second kappa shape index (κ2) is 8.77. The van der Waals surface area contributed by atoms with E-state index < -0.39 is 0 Å². The average Bonchev–Trinajstić information content (AvgIpc) is 3.31. The molecular formula is C18H17FN4OS2. The topological polar surface area (TPSA) is 61.9 Å². The fourth-order valence-electron chi connectivity index (χ4n) is 2.15. The molecule has 0 spiro atoms. The minimum absolute atomic E-state index is 0.112. The van der Waals surface area contributed by atoms with Gasteiger partial charge in [0.05, 0.1) is 5.75 Å². The lowest BCUT2D eigenvalue weighted by Gasteiger charge is -2.17. The van der Waals surface area contributed by atoms with Crippen LogP contribution in [0, 0.1) is 5.82 Å². The zero-order valence-corrected chi connectivity index (χ0v) is 15.7. The standard InChI is InChI=1S/C18H17FN4OS2/c1-23(11-13-5-2-3-7-15(13)19)17(24)12-26-18-20-16(21-22-18)9-8-14-6-4-10-25-14/h2-10H,11-12H2,1H3,(H,20,21,22)/b9-8+. The van der Waals surface area contributed by atoms with E-state index in [1.165, 1.54) is 22.7 Å². The summed E-state index contributed by atoms with van der Waals surface area (Å²) >= 11 is 2.88. The molecule has 5 nitrogen and oxygen atoms in total. The average molecular weight is 388 g/mol. The van der Waals surface area contributed by atoms with Crippen molar-refractivity contribution < 1.29 is 9.18 Å². The maximum absolute atomic E-state index is 13.7. The summed E-state index contributed by atoms with van der Waals surface area (Å²) in [4.78, 5) is 19.2. The minimum atomic E-state index is -0.309. The first-order chi connectivity index (χ1) is 12.6. The molecule has 0 aliphatic rings. The molecule has 1 aromatic carbocycles. The molecule has 0 radical (unpaired) electrons. The van der Waals surface area contributed by atoms with Gasteiger partial charge in [-0.15, -0.1) is 16.4 Å². The van der Waals surface area contributed by atoms with Crippen molar-refractivity contribution in [2.24, 2.45) is 0 Å². The Morgan fingerprint density at radius 2 is 2.15 bits per heavy atom. The highest BCUT2D eigenvalue weighted by Gasteiger charge is 2.13. The predicted molar refractivity (Wildman–Crippen MR) is 103 cm³/mol. The van der Waals surface area contributed by atoms with Gasteiger partial charge < -0.3 is 4.90 Å². The van der Waals surface area contributed by atoms with E-state index in [4.69, 9.17) is 0 Å². The number of halogens is 1. The van der Waals surface area contributed by atoms with Crippen LogP contribution in [-0.2, 0) is 11.3 Å². The molecule has 3 aromatic rings. The SMILES string of the molecule is CN(Cc1ccccc1F)C(=O)CSc1n[nH]c(/C=C/c2cccs2)n1. The minimum Gasteiger partial charge on any atom is -0.341 e. The van der Waals surface area contributed by atoms with Crippen molar-refractivity contribution in [3.05, 3.63) is 63.9 Å². The number of carbonyl (C=O) groups is 1. The zero-order chi connectivity index (χ0) is 18.4. The van der Waals surface area contributed by atoms with Gasteiger partial charge in [-0.3, -0.25) is 9.89 Å². The Morgan fingerprint density at radius 1 is 1.31 bits per heavy atom. The Bertz CT molecular complexity index is 892. The number of benzene rings is 1. The number of aromatic amines is 1. The van der Waals surface area contributed by atoms with E-state index >= 15 is 0 Å². The quantitative estimate of drug-likeness (QED) is 0.623. The van der Waals surface area contributed by atoms with Crippen molar-refractivity contribution in [3.63, 3.8) is 0 Å². The maximum Gasteiger partial charge on any atom is 0.233 e. The number of aromatic nitrogens is 3. The third-order valence-corrected chi connectivity index (χ3v) is 5.22. The van der Waals surface area contributed by atoms with Crippen molar-refractivity contribution in [3.8, 4) is 0 Å². The first-order valence-corrected chi connectivity index (χ1v) is 9.72. The van der Waals surface area contributed by atoms with Crippen molar-refractivity contribution in [2.45, 2.75) is 11.7 Å². The van der Waals surface area contributed by atoms with Crippen LogP contribution in [0.1, 0.15) is 16.3 Å². The molecule has 0 atom stereocenters. The van der Waals surface area contributed by atoms with Gasteiger partial charge in [0.25, 0.3) is 0 Å². The molecule has 0 aliphatic carbocycles. The van der Waals surface area contributed by atoms with Gasteiger partial charge in [0, 0.05) is 24.0 Å². The van der Waals surface area contributed by atoms with Gasteiger partial charge in [0.1, 0.15) is 11.6 Å². The molecule has 2 aromatic heterocycles. The van der Waals surface area contributed by atoms with Crippen molar-refractivity contribution in [1.29, 1.82) is 0 Å². The fourth-order valence-corrected chi connectivity index (χ4v) is 3.52. The number of nitrogens with one attached hydrogen (secondary N) is 1. The molecule has 1 amide bonds. The Morgan fingerprint density at radius 3 is 2.92 bits per heavy atom. The number of carbonyl (C=O) groups excluding carboxylic acids is 1. The van der Waals surface area contributed by atoms with E-state index in [2.05, 4.69) is 15.2 Å². The highest BCUT2D eigenvalue weighted by Crippen LogP contribution is 2.16. The third kappa shape index (κ3) is 5.03. The maximum atomic E-state index is 13.7. The van der Waals surface area contributed by atoms with Gasteiger partial charge in [-0.1, -0.05) is 36.0 Å². The molecule has 0 saturated carbocycles. The number of hydrogen-bond donors (Lipinski definition) is 1. The number of thiophene rings is 1. The lowest BCUT2D eigenvalue weighted by atomic mass is 10.2. The third-order valence-electron chi connectivity index (χ3n) is 3.55. The molecule has 0 saturated heterocycles. The van der Waals surface area contributed by atoms with Gasteiger partial charge in [-0.25, -0.2) is 9.37 Å². The number of hydrogen-bond acceptors (Lipinski definition) is 5. The first kappa shape index (κ1) is 18.3. The molecule has 2 heterocycles. The van der Waals surface area contributed by atoms with Gasteiger partial charge in [0.15, 0.2) is 0 Å². The van der Waals surface area contributed by atoms with E-state index in [-0.39, 0.29) is 24.0 Å². The van der Waals surface area contributed by atoms with Crippen LogP contribution in [0.4, 0.5) is 4.39 Å². The summed E-state index contributed by atoms with van der Waals surface area (Å²) in [6.45, 7) is 0.231. The lowest BCUT2D eigenvalue weighted by Crippen LogP contribution is -2.28.